The number of amides is 2. The summed E-state index contributed by atoms with van der Waals surface area (Å²) in [5, 5.41) is 3.07. The normalized spacial score (nSPS) is 20.9. The van der Waals surface area contributed by atoms with Crippen LogP contribution in [0.4, 0.5) is 0 Å². The molecule has 0 saturated carbocycles. The van der Waals surface area contributed by atoms with Crippen LogP contribution in [0.25, 0.3) is 0 Å². The first-order valence-electron chi connectivity index (χ1n) is 9.18. The SMILES string of the molecule is CCN(CC)C(=O)[C@@H]1C[C@@H](NC(=O)c2cc(C(C)C)oc2C)CN1C. The van der Waals surface area contributed by atoms with Gasteiger partial charge in [-0.3, -0.25) is 14.5 Å². The fourth-order valence-electron chi connectivity index (χ4n) is 3.42. The minimum atomic E-state index is -0.165. The highest BCUT2D eigenvalue weighted by Crippen LogP contribution is 2.23. The summed E-state index contributed by atoms with van der Waals surface area (Å²) in [4.78, 5) is 29.1. The molecule has 140 valence electrons. The predicted molar refractivity (Wildman–Crippen MR) is 97.8 cm³/mol. The number of likely N-dealkylation sites (N-methyl/N-ethyl adjacent to an activating group) is 2. The van der Waals surface area contributed by atoms with E-state index in [9.17, 15) is 9.59 Å². The fourth-order valence-corrected chi connectivity index (χ4v) is 3.42. The van der Waals surface area contributed by atoms with Gasteiger partial charge in [0.05, 0.1) is 11.6 Å². The molecule has 0 unspecified atom stereocenters. The molecule has 1 fully saturated rings. The van der Waals surface area contributed by atoms with Crippen LogP contribution >= 0.6 is 0 Å². The first-order chi connectivity index (χ1) is 11.8. The van der Waals surface area contributed by atoms with Gasteiger partial charge in [0.15, 0.2) is 0 Å². The molecule has 1 aromatic rings. The molecule has 0 spiro atoms. The minimum absolute atomic E-state index is 0.0289. The van der Waals surface area contributed by atoms with Crippen molar-refractivity contribution in [3.05, 3.63) is 23.2 Å². The Kier molecular flexibility index (Phi) is 6.27. The molecule has 2 amide bonds. The van der Waals surface area contributed by atoms with Gasteiger partial charge in [0, 0.05) is 31.6 Å². The Labute approximate surface area is 150 Å². The highest BCUT2D eigenvalue weighted by molar-refractivity contribution is 5.95. The van der Waals surface area contributed by atoms with Crippen molar-refractivity contribution in [1.82, 2.24) is 15.1 Å². The first-order valence-corrected chi connectivity index (χ1v) is 9.18. The van der Waals surface area contributed by atoms with E-state index in [0.717, 1.165) is 5.76 Å². The van der Waals surface area contributed by atoms with Crippen LogP contribution in [0.2, 0.25) is 0 Å². The van der Waals surface area contributed by atoms with Gasteiger partial charge in [-0.25, -0.2) is 0 Å². The van der Waals surface area contributed by atoms with Crippen LogP contribution in [-0.4, -0.2) is 60.4 Å². The number of nitrogens with one attached hydrogen (secondary N) is 1. The van der Waals surface area contributed by atoms with Crippen molar-refractivity contribution >= 4 is 11.8 Å². The maximum absolute atomic E-state index is 12.6. The van der Waals surface area contributed by atoms with E-state index in [1.807, 2.05) is 57.5 Å². The maximum atomic E-state index is 12.6. The van der Waals surface area contributed by atoms with E-state index in [1.54, 1.807) is 0 Å². The summed E-state index contributed by atoms with van der Waals surface area (Å²) in [6.45, 7) is 12.0. The molecule has 0 aliphatic carbocycles. The van der Waals surface area contributed by atoms with Crippen LogP contribution in [0, 0.1) is 6.92 Å². The second-order valence-electron chi connectivity index (χ2n) is 7.15. The zero-order valence-corrected chi connectivity index (χ0v) is 16.3. The third-order valence-corrected chi connectivity index (χ3v) is 4.99. The molecule has 1 aliphatic rings. The molecule has 1 aliphatic heterocycles. The van der Waals surface area contributed by atoms with Gasteiger partial charge >= 0.3 is 0 Å². The van der Waals surface area contributed by atoms with Crippen LogP contribution < -0.4 is 5.32 Å². The molecule has 2 atom stereocenters. The molecule has 6 nitrogen and oxygen atoms in total. The highest BCUT2D eigenvalue weighted by atomic mass is 16.3. The van der Waals surface area contributed by atoms with Crippen LogP contribution in [0.15, 0.2) is 10.5 Å². The van der Waals surface area contributed by atoms with Crippen molar-refractivity contribution in [2.45, 2.75) is 59.0 Å². The number of furan rings is 1. The fraction of sp³-hybridized carbons (Fsp3) is 0.684. The standard InChI is InChI=1S/C19H31N3O3/c1-7-22(8-2)19(24)16-9-14(11-21(16)6)20-18(23)15-10-17(12(3)4)25-13(15)5/h10,12,14,16H,7-9,11H2,1-6H3,(H,20,23)/t14-,16+/m1/s1. The molecule has 0 radical (unpaired) electrons. The number of likely N-dealkylation sites (tertiary alicyclic amines) is 1. The van der Waals surface area contributed by atoms with Gasteiger partial charge in [0.25, 0.3) is 5.91 Å². The lowest BCUT2D eigenvalue weighted by Crippen LogP contribution is -2.44. The van der Waals surface area contributed by atoms with Crippen LogP contribution in [0.1, 0.15) is 61.9 Å². The lowest BCUT2D eigenvalue weighted by Gasteiger charge is -2.26. The van der Waals surface area contributed by atoms with Gasteiger partial charge in [-0.2, -0.15) is 0 Å². The van der Waals surface area contributed by atoms with Crippen molar-refractivity contribution in [3.8, 4) is 0 Å². The Hall–Kier alpha value is -1.82. The summed E-state index contributed by atoms with van der Waals surface area (Å²) in [6, 6.07) is 1.63. The van der Waals surface area contributed by atoms with E-state index in [4.69, 9.17) is 4.42 Å². The summed E-state index contributed by atoms with van der Waals surface area (Å²) in [6.07, 6.45) is 0.644. The van der Waals surface area contributed by atoms with E-state index in [-0.39, 0.29) is 29.8 Å². The molecule has 0 aromatic carbocycles. The van der Waals surface area contributed by atoms with Gasteiger partial charge in [0.1, 0.15) is 11.5 Å². The van der Waals surface area contributed by atoms with Gasteiger partial charge in [-0.15, -0.1) is 0 Å². The summed E-state index contributed by atoms with van der Waals surface area (Å²) in [5.74, 6) is 1.73. The topological polar surface area (TPSA) is 65.8 Å². The van der Waals surface area contributed by atoms with Crippen molar-refractivity contribution in [2.24, 2.45) is 0 Å². The Morgan fingerprint density at radius 3 is 2.52 bits per heavy atom. The lowest BCUT2D eigenvalue weighted by molar-refractivity contribution is -0.135. The van der Waals surface area contributed by atoms with Gasteiger partial charge in [-0.1, -0.05) is 13.8 Å². The zero-order valence-electron chi connectivity index (χ0n) is 16.3. The minimum Gasteiger partial charge on any atom is -0.465 e. The maximum Gasteiger partial charge on any atom is 0.255 e. The summed E-state index contributed by atoms with van der Waals surface area (Å²) < 4.78 is 5.67. The lowest BCUT2D eigenvalue weighted by atomic mass is 10.1. The number of carbonyl (C=O) groups is 2. The number of rotatable bonds is 6. The van der Waals surface area contributed by atoms with Crippen LogP contribution in [0.5, 0.6) is 0 Å². The molecule has 1 N–H and O–H groups in total. The quantitative estimate of drug-likeness (QED) is 0.856. The number of carbonyl (C=O) groups excluding carboxylic acids is 2. The molecule has 6 heteroatoms. The smallest absolute Gasteiger partial charge is 0.255 e. The average Bonchev–Trinajstić information content (AvgIpc) is 3.11. The van der Waals surface area contributed by atoms with Crippen molar-refractivity contribution < 1.29 is 14.0 Å². The largest absolute Gasteiger partial charge is 0.465 e. The number of hydrogen-bond acceptors (Lipinski definition) is 4. The van der Waals surface area contributed by atoms with E-state index in [1.165, 1.54) is 0 Å². The van der Waals surface area contributed by atoms with Crippen LogP contribution in [0.3, 0.4) is 0 Å². The Balaban J connectivity index is 2.02. The molecular weight excluding hydrogens is 318 g/mol. The van der Waals surface area contributed by atoms with Crippen molar-refractivity contribution in [2.75, 3.05) is 26.7 Å². The molecule has 25 heavy (non-hydrogen) atoms. The van der Waals surface area contributed by atoms with E-state index in [2.05, 4.69) is 5.32 Å². The molecule has 2 heterocycles. The number of hydrogen-bond donors (Lipinski definition) is 1. The summed E-state index contributed by atoms with van der Waals surface area (Å²) >= 11 is 0. The highest BCUT2D eigenvalue weighted by Gasteiger charge is 2.37. The third-order valence-electron chi connectivity index (χ3n) is 4.99. The second-order valence-corrected chi connectivity index (χ2v) is 7.15. The zero-order chi connectivity index (χ0) is 18.7. The molecule has 1 saturated heterocycles. The number of aryl methyl sites for hydroxylation is 1. The molecular formula is C19H31N3O3. The molecule has 1 aromatic heterocycles. The average molecular weight is 349 g/mol. The second kappa shape index (κ2) is 8.04. The Morgan fingerprint density at radius 1 is 1.36 bits per heavy atom. The molecule has 0 bridgehead atoms. The predicted octanol–water partition coefficient (Wildman–Crippen LogP) is 2.38. The van der Waals surface area contributed by atoms with E-state index >= 15 is 0 Å². The molecule has 2 rings (SSSR count). The number of nitrogens with zero attached hydrogens (tertiary/aromatic N) is 2. The van der Waals surface area contributed by atoms with Gasteiger partial charge in [0.2, 0.25) is 5.91 Å². The summed E-state index contributed by atoms with van der Waals surface area (Å²) in [5.41, 5.74) is 0.588. The Bertz CT molecular complexity index is 619. The van der Waals surface area contributed by atoms with E-state index in [0.29, 0.717) is 37.4 Å². The Morgan fingerprint density at radius 2 is 2.00 bits per heavy atom. The monoisotopic (exact) mass is 349 g/mol. The van der Waals surface area contributed by atoms with E-state index < -0.39 is 0 Å². The summed E-state index contributed by atoms with van der Waals surface area (Å²) in [7, 11) is 1.94. The third kappa shape index (κ3) is 4.24. The van der Waals surface area contributed by atoms with Gasteiger partial charge in [-0.05, 0) is 40.3 Å². The van der Waals surface area contributed by atoms with Crippen molar-refractivity contribution in [1.29, 1.82) is 0 Å². The van der Waals surface area contributed by atoms with Crippen LogP contribution in [-0.2, 0) is 4.79 Å². The van der Waals surface area contributed by atoms with Gasteiger partial charge < -0.3 is 14.6 Å². The first kappa shape index (κ1) is 19.5. The van der Waals surface area contributed by atoms with Crippen molar-refractivity contribution in [3.63, 3.8) is 0 Å².